The largest absolute Gasteiger partial charge is 0.319 e. The molecule has 0 bridgehead atoms. The van der Waals surface area contributed by atoms with Crippen LogP contribution in [0.1, 0.15) is 16.1 Å². The van der Waals surface area contributed by atoms with E-state index in [1.54, 1.807) is 16.9 Å². The molecule has 25 heavy (non-hydrogen) atoms. The van der Waals surface area contributed by atoms with Crippen LogP contribution in [0.3, 0.4) is 0 Å². The molecule has 0 fully saturated rings. The summed E-state index contributed by atoms with van der Waals surface area (Å²) in [7, 11) is 0. The van der Waals surface area contributed by atoms with Gasteiger partial charge in [-0.25, -0.2) is 4.68 Å². The average Bonchev–Trinajstić information content (AvgIpc) is 3.01. The highest BCUT2D eigenvalue weighted by Crippen LogP contribution is 2.21. The van der Waals surface area contributed by atoms with Gasteiger partial charge in [-0.2, -0.15) is 5.10 Å². The van der Waals surface area contributed by atoms with Gasteiger partial charge in [0.1, 0.15) is 0 Å². The molecule has 1 aromatic heterocycles. The molecule has 124 valence electrons. The van der Waals surface area contributed by atoms with Gasteiger partial charge in [-0.05, 0) is 37.3 Å². The highest BCUT2D eigenvalue weighted by Gasteiger charge is 2.12. The predicted molar refractivity (Wildman–Crippen MR) is 102 cm³/mol. The monoisotopic (exact) mass is 347 g/mol. The van der Waals surface area contributed by atoms with E-state index in [1.807, 2.05) is 55.5 Å². The highest BCUT2D eigenvalue weighted by molar-refractivity contribution is 7.99. The second-order valence-electron chi connectivity index (χ2n) is 5.37. The van der Waals surface area contributed by atoms with Gasteiger partial charge in [-0.15, -0.1) is 18.2 Å². The number of carbonyl (C=O) groups is 1. The zero-order chi connectivity index (χ0) is 17.6. The van der Waals surface area contributed by atoms with Crippen molar-refractivity contribution in [3.63, 3.8) is 0 Å². The summed E-state index contributed by atoms with van der Waals surface area (Å²) >= 11 is 1.53. The first-order chi connectivity index (χ1) is 12.2. The van der Waals surface area contributed by atoms with Crippen molar-refractivity contribution in [1.82, 2.24) is 9.78 Å². The third kappa shape index (κ3) is 3.93. The number of terminal acetylenes is 1. The van der Waals surface area contributed by atoms with Gasteiger partial charge in [0.15, 0.2) is 0 Å². The lowest BCUT2D eigenvalue weighted by Crippen LogP contribution is -2.12. The van der Waals surface area contributed by atoms with Gasteiger partial charge in [0.2, 0.25) is 0 Å². The van der Waals surface area contributed by atoms with Gasteiger partial charge in [0.25, 0.3) is 5.91 Å². The van der Waals surface area contributed by atoms with Crippen LogP contribution in [0.4, 0.5) is 5.69 Å². The number of nitrogens with zero attached hydrogens (tertiary/aromatic N) is 2. The maximum absolute atomic E-state index is 12.5. The van der Waals surface area contributed by atoms with E-state index in [9.17, 15) is 4.79 Å². The van der Waals surface area contributed by atoms with Crippen molar-refractivity contribution in [3.8, 4) is 18.0 Å². The Morgan fingerprint density at radius 1 is 1.24 bits per heavy atom. The first-order valence-corrected chi connectivity index (χ1v) is 8.75. The summed E-state index contributed by atoms with van der Waals surface area (Å²) in [6.07, 6.45) is 6.95. The molecule has 3 aromatic rings. The number of anilines is 1. The lowest BCUT2D eigenvalue weighted by atomic mass is 10.2. The van der Waals surface area contributed by atoms with Crippen LogP contribution in [0.15, 0.2) is 65.7 Å². The number of para-hydroxylation sites is 1. The molecule has 0 radical (unpaired) electrons. The summed E-state index contributed by atoms with van der Waals surface area (Å²) in [5, 5.41) is 7.29. The van der Waals surface area contributed by atoms with E-state index in [2.05, 4.69) is 16.3 Å². The zero-order valence-corrected chi connectivity index (χ0v) is 14.6. The Kier molecular flexibility index (Phi) is 5.22. The van der Waals surface area contributed by atoms with Gasteiger partial charge in [-0.1, -0.05) is 30.2 Å². The number of thioether (sulfide) groups is 1. The van der Waals surface area contributed by atoms with Gasteiger partial charge >= 0.3 is 0 Å². The van der Waals surface area contributed by atoms with Crippen LogP contribution in [0, 0.1) is 19.3 Å². The third-order valence-corrected chi connectivity index (χ3v) is 4.58. The minimum atomic E-state index is -0.168. The van der Waals surface area contributed by atoms with Crippen molar-refractivity contribution in [1.29, 1.82) is 0 Å². The first-order valence-electron chi connectivity index (χ1n) is 7.77. The molecule has 4 nitrogen and oxygen atoms in total. The van der Waals surface area contributed by atoms with Crippen molar-refractivity contribution >= 4 is 23.4 Å². The molecule has 1 N–H and O–H groups in total. The third-order valence-electron chi connectivity index (χ3n) is 3.68. The summed E-state index contributed by atoms with van der Waals surface area (Å²) in [6.45, 7) is 1.93. The summed E-state index contributed by atoms with van der Waals surface area (Å²) in [4.78, 5) is 13.5. The number of carbonyl (C=O) groups excluding carboxylic acids is 1. The normalized spacial score (nSPS) is 10.2. The lowest BCUT2D eigenvalue weighted by molar-refractivity contribution is 0.102. The maximum atomic E-state index is 12.5. The van der Waals surface area contributed by atoms with Crippen LogP contribution in [-0.4, -0.2) is 21.4 Å². The van der Waals surface area contributed by atoms with Crippen LogP contribution in [0.2, 0.25) is 0 Å². The molecule has 1 heterocycles. The average molecular weight is 347 g/mol. The SMILES string of the molecule is C#CCSc1cccc(C(=O)Nc2cnn(-c3ccccc3)c2C)c1. The first kappa shape index (κ1) is 16.9. The number of hydrogen-bond acceptors (Lipinski definition) is 3. The van der Waals surface area contributed by atoms with Crippen molar-refractivity contribution < 1.29 is 4.79 Å². The van der Waals surface area contributed by atoms with Crippen LogP contribution in [0.25, 0.3) is 5.69 Å². The molecule has 1 amide bonds. The lowest BCUT2D eigenvalue weighted by Gasteiger charge is -2.07. The van der Waals surface area contributed by atoms with E-state index in [4.69, 9.17) is 6.42 Å². The standard InChI is InChI=1S/C20H17N3OS/c1-3-12-25-18-11-7-8-16(13-18)20(24)22-19-14-21-23(15(19)2)17-9-5-4-6-10-17/h1,4-11,13-14H,12H2,2H3,(H,22,24). The summed E-state index contributed by atoms with van der Waals surface area (Å²) in [5.41, 5.74) is 3.11. The molecular formula is C20H17N3OS. The van der Waals surface area contributed by atoms with E-state index in [1.165, 1.54) is 11.8 Å². The second kappa shape index (κ2) is 7.73. The molecular weight excluding hydrogens is 330 g/mol. The molecule has 0 atom stereocenters. The van der Waals surface area contributed by atoms with Gasteiger partial charge in [-0.3, -0.25) is 4.79 Å². The van der Waals surface area contributed by atoms with Crippen molar-refractivity contribution in [2.75, 3.05) is 11.1 Å². The number of amides is 1. The molecule has 5 heteroatoms. The van der Waals surface area contributed by atoms with Crippen LogP contribution >= 0.6 is 11.8 Å². The number of aromatic nitrogens is 2. The van der Waals surface area contributed by atoms with E-state index in [0.717, 1.165) is 16.3 Å². The van der Waals surface area contributed by atoms with Crippen LogP contribution in [0.5, 0.6) is 0 Å². The van der Waals surface area contributed by atoms with E-state index < -0.39 is 0 Å². The Morgan fingerprint density at radius 3 is 2.80 bits per heavy atom. The maximum Gasteiger partial charge on any atom is 0.255 e. The number of benzene rings is 2. The van der Waals surface area contributed by atoms with Crippen LogP contribution in [-0.2, 0) is 0 Å². The number of hydrogen-bond donors (Lipinski definition) is 1. The molecule has 0 aliphatic heterocycles. The smallest absolute Gasteiger partial charge is 0.255 e. The van der Waals surface area contributed by atoms with E-state index in [0.29, 0.717) is 17.0 Å². The Balaban J connectivity index is 1.78. The van der Waals surface area contributed by atoms with Gasteiger partial charge in [0.05, 0.1) is 29.0 Å². The molecule has 2 aromatic carbocycles. The quantitative estimate of drug-likeness (QED) is 0.557. The molecule has 0 saturated carbocycles. The fourth-order valence-electron chi connectivity index (χ4n) is 2.41. The van der Waals surface area contributed by atoms with Gasteiger partial charge < -0.3 is 5.32 Å². The topological polar surface area (TPSA) is 46.9 Å². The fourth-order valence-corrected chi connectivity index (χ4v) is 3.04. The van der Waals surface area contributed by atoms with Crippen molar-refractivity contribution in [3.05, 3.63) is 72.1 Å². The molecule has 3 rings (SSSR count). The number of rotatable bonds is 5. The highest BCUT2D eigenvalue weighted by atomic mass is 32.2. The molecule has 0 aliphatic rings. The Morgan fingerprint density at radius 2 is 2.04 bits per heavy atom. The number of nitrogens with one attached hydrogen (secondary N) is 1. The Bertz CT molecular complexity index is 926. The van der Waals surface area contributed by atoms with Gasteiger partial charge in [0, 0.05) is 10.5 Å². The molecule has 0 spiro atoms. The minimum absolute atomic E-state index is 0.168. The van der Waals surface area contributed by atoms with Crippen molar-refractivity contribution in [2.24, 2.45) is 0 Å². The summed E-state index contributed by atoms with van der Waals surface area (Å²) < 4.78 is 1.80. The second-order valence-corrected chi connectivity index (χ2v) is 6.41. The Hall–Kier alpha value is -2.97. The van der Waals surface area contributed by atoms with E-state index in [-0.39, 0.29) is 5.91 Å². The predicted octanol–water partition coefficient (Wildman–Crippen LogP) is 4.16. The molecule has 0 unspecified atom stereocenters. The minimum Gasteiger partial charge on any atom is -0.319 e. The summed E-state index contributed by atoms with van der Waals surface area (Å²) in [6, 6.07) is 17.2. The van der Waals surface area contributed by atoms with Crippen LogP contribution < -0.4 is 5.32 Å². The van der Waals surface area contributed by atoms with Crippen molar-refractivity contribution in [2.45, 2.75) is 11.8 Å². The van der Waals surface area contributed by atoms with E-state index >= 15 is 0 Å². The molecule has 0 saturated heterocycles. The Labute approximate surface area is 151 Å². The molecule has 0 aliphatic carbocycles. The zero-order valence-electron chi connectivity index (χ0n) is 13.8. The summed E-state index contributed by atoms with van der Waals surface area (Å²) in [5.74, 6) is 2.99. The fraction of sp³-hybridized carbons (Fsp3) is 0.100.